The molecule has 0 spiro atoms. The summed E-state index contributed by atoms with van der Waals surface area (Å²) in [5.41, 5.74) is 0. The third-order valence-electron chi connectivity index (χ3n) is 5.78. The number of ether oxygens (including phenoxy) is 2. The molecule has 2 unspecified atom stereocenters. The molecule has 190 valence electrons. The number of aliphatic hydroxyl groups is 1. The van der Waals surface area contributed by atoms with Crippen molar-refractivity contribution in [2.24, 2.45) is 0 Å². The van der Waals surface area contributed by atoms with Gasteiger partial charge in [-0.2, -0.15) is 0 Å². The second kappa shape index (κ2) is 19.6. The molecule has 1 rings (SSSR count). The molecule has 1 amide bonds. The first-order valence-corrected chi connectivity index (χ1v) is 13.0. The Balaban J connectivity index is 1.87. The lowest BCUT2D eigenvalue weighted by Crippen LogP contribution is -2.36. The smallest absolute Gasteiger partial charge is 0.328 e. The summed E-state index contributed by atoms with van der Waals surface area (Å²) in [5, 5.41) is 12.3. The average Bonchev–Trinajstić information content (AvgIpc) is 3.25. The molecular weight excluding hydrogens is 422 g/mol. The van der Waals surface area contributed by atoms with E-state index in [1.165, 1.54) is 57.8 Å². The van der Waals surface area contributed by atoms with Crippen LogP contribution in [0.15, 0.2) is 12.2 Å². The van der Waals surface area contributed by atoms with Crippen molar-refractivity contribution in [3.8, 4) is 0 Å². The van der Waals surface area contributed by atoms with E-state index >= 15 is 0 Å². The van der Waals surface area contributed by atoms with Gasteiger partial charge in [0, 0.05) is 12.8 Å². The summed E-state index contributed by atoms with van der Waals surface area (Å²) in [4.78, 5) is 34.6. The van der Waals surface area contributed by atoms with E-state index in [0.29, 0.717) is 19.3 Å². The average molecular weight is 468 g/mol. The van der Waals surface area contributed by atoms with Gasteiger partial charge in [0.25, 0.3) is 0 Å². The van der Waals surface area contributed by atoms with Gasteiger partial charge in [0.1, 0.15) is 25.4 Å². The third kappa shape index (κ3) is 16.4. The van der Waals surface area contributed by atoms with Gasteiger partial charge in [-0.15, -0.1) is 0 Å². The number of nitrogens with one attached hydrogen (secondary N) is 1. The van der Waals surface area contributed by atoms with Gasteiger partial charge >= 0.3 is 11.9 Å². The molecule has 7 heteroatoms. The molecule has 0 aromatic rings. The molecule has 2 N–H and O–H groups in total. The van der Waals surface area contributed by atoms with E-state index in [1.807, 2.05) is 0 Å². The molecule has 1 fully saturated rings. The summed E-state index contributed by atoms with van der Waals surface area (Å²) < 4.78 is 10.00. The first-order valence-electron chi connectivity index (χ1n) is 13.0. The van der Waals surface area contributed by atoms with Gasteiger partial charge in [0.15, 0.2) is 0 Å². The molecule has 1 saturated heterocycles. The van der Waals surface area contributed by atoms with Crippen molar-refractivity contribution >= 4 is 17.8 Å². The predicted molar refractivity (Wildman–Crippen MR) is 129 cm³/mol. The van der Waals surface area contributed by atoms with Gasteiger partial charge < -0.3 is 19.9 Å². The van der Waals surface area contributed by atoms with Gasteiger partial charge in [0.05, 0.1) is 0 Å². The lowest BCUT2D eigenvalue weighted by atomic mass is 10.1. The van der Waals surface area contributed by atoms with E-state index in [9.17, 15) is 19.5 Å². The molecule has 1 aliphatic rings. The molecular formula is C26H45NO6. The number of amides is 1. The number of allylic oxidation sites excluding steroid dienone is 2. The zero-order valence-electron chi connectivity index (χ0n) is 20.5. The van der Waals surface area contributed by atoms with Crippen LogP contribution in [0.2, 0.25) is 0 Å². The molecule has 0 radical (unpaired) electrons. The second-order valence-electron chi connectivity index (χ2n) is 8.96. The minimum Gasteiger partial charge on any atom is -0.463 e. The molecule has 0 aromatic heterocycles. The van der Waals surface area contributed by atoms with E-state index in [-0.39, 0.29) is 25.1 Å². The van der Waals surface area contributed by atoms with E-state index in [0.717, 1.165) is 25.7 Å². The van der Waals surface area contributed by atoms with Crippen molar-refractivity contribution in [1.82, 2.24) is 5.32 Å². The van der Waals surface area contributed by atoms with Gasteiger partial charge in [-0.05, 0) is 38.5 Å². The number of hydrogen-bond donors (Lipinski definition) is 2. The Hall–Kier alpha value is -1.89. The zero-order chi connectivity index (χ0) is 24.2. The molecule has 33 heavy (non-hydrogen) atoms. The molecule has 0 saturated carbocycles. The van der Waals surface area contributed by atoms with Crippen LogP contribution >= 0.6 is 0 Å². The normalized spacial score (nSPS) is 16.7. The van der Waals surface area contributed by atoms with Crippen LogP contribution in [0.4, 0.5) is 0 Å². The number of hydrogen-bond acceptors (Lipinski definition) is 6. The highest BCUT2D eigenvalue weighted by atomic mass is 16.6. The second-order valence-corrected chi connectivity index (χ2v) is 8.96. The minimum atomic E-state index is -1.07. The fraction of sp³-hybridized carbons (Fsp3) is 0.808. The van der Waals surface area contributed by atoms with Gasteiger partial charge in [-0.3, -0.25) is 9.59 Å². The Morgan fingerprint density at radius 2 is 1.52 bits per heavy atom. The monoisotopic (exact) mass is 467 g/mol. The first-order chi connectivity index (χ1) is 16.0. The number of rotatable bonds is 20. The number of unbranched alkanes of at least 4 members (excludes halogenated alkanes) is 11. The maximum absolute atomic E-state index is 11.8. The fourth-order valence-corrected chi connectivity index (χ4v) is 3.72. The highest BCUT2D eigenvalue weighted by Gasteiger charge is 2.28. The van der Waals surface area contributed by atoms with Gasteiger partial charge in [-0.1, -0.05) is 70.4 Å². The summed E-state index contributed by atoms with van der Waals surface area (Å²) >= 11 is 0. The van der Waals surface area contributed by atoms with Gasteiger partial charge in [0.2, 0.25) is 5.91 Å². The molecule has 0 aliphatic carbocycles. The molecule has 0 bridgehead atoms. The Bertz CT molecular complexity index is 577. The Morgan fingerprint density at radius 1 is 0.939 bits per heavy atom. The van der Waals surface area contributed by atoms with Crippen LogP contribution in [-0.4, -0.2) is 48.3 Å². The minimum absolute atomic E-state index is 0.179. The summed E-state index contributed by atoms with van der Waals surface area (Å²) in [6, 6.07) is -0.645. The standard InChI is InChI=1S/C26H45NO6/c1-2-3-4-5-6-7-8-9-10-11-12-13-14-15-16-17-25(30)32-20-22(28)21-33-26(31)23-18-19-24(29)27-23/h9-10,22-23,28H,2-8,11-21H2,1H3,(H,27,29). The molecule has 1 heterocycles. The topological polar surface area (TPSA) is 102 Å². The number of carbonyl (C=O) groups is 3. The van der Waals surface area contributed by atoms with Crippen molar-refractivity contribution in [1.29, 1.82) is 0 Å². The fourth-order valence-electron chi connectivity index (χ4n) is 3.72. The number of aliphatic hydroxyl groups excluding tert-OH is 1. The Kier molecular flexibility index (Phi) is 17.3. The quantitative estimate of drug-likeness (QED) is 0.152. The highest BCUT2D eigenvalue weighted by Crippen LogP contribution is 2.11. The first kappa shape index (κ1) is 29.1. The van der Waals surface area contributed by atoms with Crippen LogP contribution < -0.4 is 5.32 Å². The van der Waals surface area contributed by atoms with E-state index in [4.69, 9.17) is 9.47 Å². The van der Waals surface area contributed by atoms with Crippen LogP contribution in [0.5, 0.6) is 0 Å². The highest BCUT2D eigenvalue weighted by molar-refractivity contribution is 5.88. The van der Waals surface area contributed by atoms with Crippen LogP contribution in [0.25, 0.3) is 0 Å². The van der Waals surface area contributed by atoms with E-state index in [2.05, 4.69) is 24.4 Å². The van der Waals surface area contributed by atoms with Crippen LogP contribution in [0, 0.1) is 0 Å². The van der Waals surface area contributed by atoms with Crippen LogP contribution in [0.3, 0.4) is 0 Å². The SMILES string of the molecule is CCCCCCCCC=CCCCCCCCC(=O)OCC(O)COC(=O)C1CCC(=O)N1. The molecule has 0 aromatic carbocycles. The van der Waals surface area contributed by atoms with Crippen molar-refractivity contribution in [2.45, 2.75) is 122 Å². The van der Waals surface area contributed by atoms with Crippen molar-refractivity contribution < 1.29 is 29.0 Å². The number of esters is 2. The lowest BCUT2D eigenvalue weighted by Gasteiger charge is -2.14. The largest absolute Gasteiger partial charge is 0.463 e. The van der Waals surface area contributed by atoms with Crippen molar-refractivity contribution in [2.75, 3.05) is 13.2 Å². The zero-order valence-corrected chi connectivity index (χ0v) is 20.5. The summed E-state index contributed by atoms with van der Waals surface area (Å²) in [7, 11) is 0. The molecule has 1 aliphatic heterocycles. The summed E-state index contributed by atoms with van der Waals surface area (Å²) in [6.45, 7) is 1.79. The van der Waals surface area contributed by atoms with Gasteiger partial charge in [-0.25, -0.2) is 4.79 Å². The lowest BCUT2D eigenvalue weighted by molar-refractivity contribution is -0.154. The predicted octanol–water partition coefficient (Wildman–Crippen LogP) is 4.75. The number of carbonyl (C=O) groups excluding carboxylic acids is 3. The maximum Gasteiger partial charge on any atom is 0.328 e. The van der Waals surface area contributed by atoms with Crippen molar-refractivity contribution in [3.63, 3.8) is 0 Å². The van der Waals surface area contributed by atoms with E-state index < -0.39 is 18.1 Å². The Morgan fingerprint density at radius 3 is 2.12 bits per heavy atom. The Labute approximate surface area is 199 Å². The van der Waals surface area contributed by atoms with Crippen LogP contribution in [-0.2, 0) is 23.9 Å². The van der Waals surface area contributed by atoms with Crippen molar-refractivity contribution in [3.05, 3.63) is 12.2 Å². The molecule has 7 nitrogen and oxygen atoms in total. The molecule has 2 atom stereocenters. The third-order valence-corrected chi connectivity index (χ3v) is 5.78. The maximum atomic E-state index is 11.8. The summed E-state index contributed by atoms with van der Waals surface area (Å²) in [6.07, 6.45) is 20.2. The summed E-state index contributed by atoms with van der Waals surface area (Å²) in [5.74, 6) is -1.09. The van der Waals surface area contributed by atoms with E-state index in [1.54, 1.807) is 0 Å². The van der Waals surface area contributed by atoms with Crippen LogP contribution in [0.1, 0.15) is 110 Å².